The Morgan fingerprint density at radius 3 is 1.43 bits per heavy atom. The molecule has 6 nitrogen and oxygen atoms in total. The molecule has 0 aromatic heterocycles. The van der Waals surface area contributed by atoms with E-state index in [0.717, 1.165) is 0 Å². The molecule has 0 N–H and O–H groups in total. The summed E-state index contributed by atoms with van der Waals surface area (Å²) in [5, 5.41) is 0. The maximum Gasteiger partial charge on any atom is 0.418 e. The van der Waals surface area contributed by atoms with Crippen LogP contribution in [-0.2, 0) is 28.6 Å². The van der Waals surface area contributed by atoms with E-state index in [0.29, 0.717) is 0 Å². The van der Waals surface area contributed by atoms with Gasteiger partial charge in [-0.2, -0.15) is 0 Å². The van der Waals surface area contributed by atoms with Crippen molar-refractivity contribution in [3.63, 3.8) is 0 Å². The van der Waals surface area contributed by atoms with Crippen molar-refractivity contribution in [2.75, 3.05) is 0 Å². The average molecular weight is 302 g/mol. The second kappa shape index (κ2) is 6.45. The quantitative estimate of drug-likeness (QED) is 0.452. The average Bonchev–Trinajstić information content (AvgIpc) is 2.08. The number of hydrogen-bond donors (Lipinski definition) is 0. The van der Waals surface area contributed by atoms with Gasteiger partial charge in [-0.05, 0) is 55.4 Å². The summed E-state index contributed by atoms with van der Waals surface area (Å²) < 4.78 is 15.1. The first-order chi connectivity index (χ1) is 9.11. The highest BCUT2D eigenvalue weighted by atomic mass is 16.6. The summed E-state index contributed by atoms with van der Waals surface area (Å²) in [5.41, 5.74) is -2.57. The van der Waals surface area contributed by atoms with E-state index in [1.807, 2.05) is 0 Å². The van der Waals surface area contributed by atoms with Crippen molar-refractivity contribution < 1.29 is 28.6 Å². The van der Waals surface area contributed by atoms with E-state index in [-0.39, 0.29) is 6.42 Å². The van der Waals surface area contributed by atoms with Crippen LogP contribution < -0.4 is 0 Å². The Morgan fingerprint density at radius 1 is 0.667 bits per heavy atom. The number of ether oxygens (including phenoxy) is 3. The van der Waals surface area contributed by atoms with Crippen LogP contribution in [0.15, 0.2) is 0 Å². The van der Waals surface area contributed by atoms with Crippen LogP contribution >= 0.6 is 0 Å². The van der Waals surface area contributed by atoms with Crippen LogP contribution in [0.3, 0.4) is 0 Å². The molecule has 0 aromatic carbocycles. The van der Waals surface area contributed by atoms with Gasteiger partial charge in [0.1, 0.15) is 16.8 Å². The van der Waals surface area contributed by atoms with Gasteiger partial charge in [-0.3, -0.25) is 4.79 Å². The third-order valence-electron chi connectivity index (χ3n) is 1.92. The molecule has 0 aliphatic carbocycles. The molecule has 0 aromatic rings. The van der Waals surface area contributed by atoms with Crippen molar-refractivity contribution >= 4 is 17.9 Å². The molecule has 0 spiro atoms. The van der Waals surface area contributed by atoms with E-state index in [1.54, 1.807) is 41.5 Å². The van der Waals surface area contributed by atoms with Crippen LogP contribution in [0.2, 0.25) is 0 Å². The molecule has 0 rings (SSSR count). The second-order valence-corrected chi connectivity index (χ2v) is 7.41. The smallest absolute Gasteiger partial charge is 0.418 e. The molecular formula is C15H26O6. The molecule has 0 fully saturated rings. The first-order valence-electron chi connectivity index (χ1n) is 6.79. The predicted octanol–water partition coefficient (Wildman–Crippen LogP) is 2.38. The van der Waals surface area contributed by atoms with Gasteiger partial charge in [0.2, 0.25) is 0 Å². The molecule has 0 aliphatic heterocycles. The Hall–Kier alpha value is -1.59. The molecule has 0 unspecified atom stereocenters. The van der Waals surface area contributed by atoms with Crippen molar-refractivity contribution in [3.05, 3.63) is 0 Å². The predicted molar refractivity (Wildman–Crippen MR) is 76.5 cm³/mol. The van der Waals surface area contributed by atoms with Gasteiger partial charge in [-0.1, -0.05) is 0 Å². The molecule has 0 bridgehead atoms. The highest BCUT2D eigenvalue weighted by Crippen LogP contribution is 2.19. The normalized spacial score (nSPS) is 12.6. The highest BCUT2D eigenvalue weighted by Gasteiger charge is 2.33. The van der Waals surface area contributed by atoms with Gasteiger partial charge in [0.05, 0.1) is 6.42 Å². The lowest BCUT2D eigenvalue weighted by atomic mass is 10.1. The Bertz CT molecular complexity index is 409. The van der Waals surface area contributed by atoms with E-state index in [9.17, 15) is 14.4 Å². The molecule has 0 aliphatic rings. The van der Waals surface area contributed by atoms with Crippen LogP contribution in [0.1, 0.15) is 61.8 Å². The Labute approximate surface area is 126 Å². The van der Waals surface area contributed by atoms with Crippen molar-refractivity contribution in [3.8, 4) is 0 Å². The van der Waals surface area contributed by atoms with Crippen LogP contribution in [0.5, 0.6) is 0 Å². The van der Waals surface area contributed by atoms with Gasteiger partial charge in [-0.25, -0.2) is 9.59 Å². The number of esters is 3. The number of rotatable bonds is 3. The molecule has 0 amide bonds. The maximum absolute atomic E-state index is 11.7. The van der Waals surface area contributed by atoms with Crippen LogP contribution in [0.4, 0.5) is 0 Å². The van der Waals surface area contributed by atoms with Crippen molar-refractivity contribution in [2.45, 2.75) is 78.6 Å². The lowest BCUT2D eigenvalue weighted by Crippen LogP contribution is -2.38. The van der Waals surface area contributed by atoms with Gasteiger partial charge >= 0.3 is 17.9 Å². The largest absolute Gasteiger partial charge is 0.460 e. The van der Waals surface area contributed by atoms with E-state index >= 15 is 0 Å². The lowest BCUT2D eigenvalue weighted by Gasteiger charge is -2.27. The summed E-state index contributed by atoms with van der Waals surface area (Å²) in [5.74, 6) is -2.72. The van der Waals surface area contributed by atoms with Crippen molar-refractivity contribution in [1.29, 1.82) is 0 Å². The molecule has 0 saturated carbocycles. The molecular weight excluding hydrogens is 276 g/mol. The first-order valence-corrected chi connectivity index (χ1v) is 6.79. The van der Waals surface area contributed by atoms with E-state index in [2.05, 4.69) is 0 Å². The fourth-order valence-electron chi connectivity index (χ4n) is 1.37. The van der Waals surface area contributed by atoms with Gasteiger partial charge in [-0.15, -0.1) is 0 Å². The zero-order valence-corrected chi connectivity index (χ0v) is 14.2. The van der Waals surface area contributed by atoms with Crippen LogP contribution in [0.25, 0.3) is 0 Å². The minimum atomic E-state index is -1.16. The molecule has 0 saturated heterocycles. The summed E-state index contributed by atoms with van der Waals surface area (Å²) in [6.45, 7) is 13.2. The number of carbonyl (C=O) groups excluding carboxylic acids is 3. The fourth-order valence-corrected chi connectivity index (χ4v) is 1.37. The molecule has 0 radical (unpaired) electrons. The summed E-state index contributed by atoms with van der Waals surface area (Å²) >= 11 is 0. The molecule has 0 heterocycles. The zero-order chi connectivity index (χ0) is 17.1. The second-order valence-electron chi connectivity index (χ2n) is 7.41. The molecule has 21 heavy (non-hydrogen) atoms. The van der Waals surface area contributed by atoms with Crippen molar-refractivity contribution in [1.82, 2.24) is 0 Å². The summed E-state index contributed by atoms with van der Waals surface area (Å²) in [6, 6.07) is 0. The first kappa shape index (κ1) is 19.4. The number of carbonyl (C=O) groups is 3. The third-order valence-corrected chi connectivity index (χ3v) is 1.92. The standard InChI is InChI=1S/C15H26O6/c1-13(2,3)19-10(16)9-15(7,8)21-12(18)11(17)20-14(4,5)6/h9H2,1-8H3. The number of hydrogen-bond acceptors (Lipinski definition) is 6. The fraction of sp³-hybridized carbons (Fsp3) is 0.800. The molecule has 0 atom stereocenters. The highest BCUT2D eigenvalue weighted by molar-refractivity contribution is 6.29. The third kappa shape index (κ3) is 9.87. The van der Waals surface area contributed by atoms with Crippen LogP contribution in [-0.4, -0.2) is 34.7 Å². The minimum absolute atomic E-state index is 0.154. The van der Waals surface area contributed by atoms with Gasteiger partial charge in [0.25, 0.3) is 0 Å². The van der Waals surface area contributed by atoms with Gasteiger partial charge in [0, 0.05) is 0 Å². The molecule has 122 valence electrons. The van der Waals surface area contributed by atoms with E-state index in [4.69, 9.17) is 14.2 Å². The zero-order valence-electron chi connectivity index (χ0n) is 14.2. The van der Waals surface area contributed by atoms with Crippen molar-refractivity contribution in [2.24, 2.45) is 0 Å². The monoisotopic (exact) mass is 302 g/mol. The topological polar surface area (TPSA) is 78.9 Å². The lowest BCUT2D eigenvalue weighted by molar-refractivity contribution is -0.184. The summed E-state index contributed by atoms with van der Waals surface area (Å²) in [6.07, 6.45) is -0.154. The Morgan fingerprint density at radius 2 is 1.05 bits per heavy atom. The Kier molecular flexibility index (Phi) is 5.96. The Balaban J connectivity index is 4.57. The summed E-state index contributed by atoms with van der Waals surface area (Å²) in [7, 11) is 0. The summed E-state index contributed by atoms with van der Waals surface area (Å²) in [4.78, 5) is 34.9. The maximum atomic E-state index is 11.7. The van der Waals surface area contributed by atoms with E-state index < -0.39 is 34.7 Å². The van der Waals surface area contributed by atoms with Gasteiger partial charge < -0.3 is 14.2 Å². The SMILES string of the molecule is CC(C)(C)OC(=O)CC(C)(C)OC(=O)C(=O)OC(C)(C)C. The van der Waals surface area contributed by atoms with Gasteiger partial charge in [0.15, 0.2) is 0 Å². The minimum Gasteiger partial charge on any atom is -0.460 e. The molecule has 6 heteroatoms. The van der Waals surface area contributed by atoms with Crippen LogP contribution in [0, 0.1) is 0 Å². The van der Waals surface area contributed by atoms with E-state index in [1.165, 1.54) is 13.8 Å².